The lowest BCUT2D eigenvalue weighted by Crippen LogP contribution is -2.55. The van der Waals surface area contributed by atoms with Gasteiger partial charge in [0.05, 0.1) is 6.42 Å². The van der Waals surface area contributed by atoms with Crippen molar-refractivity contribution in [2.24, 2.45) is 5.92 Å². The summed E-state index contributed by atoms with van der Waals surface area (Å²) in [5, 5.41) is 11.9. The molecule has 2 amide bonds. The molecule has 184 valence electrons. The lowest BCUT2D eigenvalue weighted by Gasteiger charge is -2.36. The van der Waals surface area contributed by atoms with Crippen molar-refractivity contribution in [3.05, 3.63) is 59.7 Å². The summed E-state index contributed by atoms with van der Waals surface area (Å²) in [6.07, 6.45) is 1.30. The minimum Gasteiger partial charge on any atom is -0.481 e. The number of rotatable bonds is 8. The number of benzene rings is 2. The number of carboxylic acids is 1. The molecule has 0 radical (unpaired) electrons. The molecular weight excluding hydrogens is 446 g/mol. The van der Waals surface area contributed by atoms with E-state index in [4.69, 9.17) is 4.74 Å². The van der Waals surface area contributed by atoms with Gasteiger partial charge in [0.15, 0.2) is 0 Å². The van der Waals surface area contributed by atoms with Gasteiger partial charge in [0.25, 0.3) is 0 Å². The normalized spacial score (nSPS) is 18.5. The molecule has 1 unspecified atom stereocenters. The van der Waals surface area contributed by atoms with Gasteiger partial charge in [0.2, 0.25) is 5.91 Å². The Morgan fingerprint density at radius 2 is 1.54 bits per heavy atom. The molecule has 2 N–H and O–H groups in total. The van der Waals surface area contributed by atoms with Crippen LogP contribution in [0, 0.1) is 5.92 Å². The van der Waals surface area contributed by atoms with Crippen LogP contribution in [0.1, 0.15) is 36.3 Å². The number of ether oxygens (including phenoxy) is 1. The number of carbonyl (C=O) groups is 3. The first-order chi connectivity index (χ1) is 17.0. The number of amides is 2. The van der Waals surface area contributed by atoms with Gasteiger partial charge in [-0.2, -0.15) is 0 Å². The van der Waals surface area contributed by atoms with Crippen molar-refractivity contribution in [1.82, 2.24) is 15.1 Å². The highest BCUT2D eigenvalue weighted by atomic mass is 16.5. The lowest BCUT2D eigenvalue weighted by atomic mass is 9.98. The quantitative estimate of drug-likeness (QED) is 0.607. The van der Waals surface area contributed by atoms with Crippen molar-refractivity contribution >= 4 is 18.0 Å². The fraction of sp³-hybridized carbons (Fsp3) is 0.444. The maximum atomic E-state index is 13.1. The maximum Gasteiger partial charge on any atom is 0.407 e. The zero-order chi connectivity index (χ0) is 24.4. The number of alkyl carbamates (subject to hydrolysis) is 1. The molecule has 3 aliphatic rings. The van der Waals surface area contributed by atoms with E-state index < -0.39 is 24.5 Å². The predicted molar refractivity (Wildman–Crippen MR) is 130 cm³/mol. The Kier molecular flexibility index (Phi) is 6.72. The van der Waals surface area contributed by atoms with Gasteiger partial charge in [0.1, 0.15) is 12.6 Å². The highest BCUT2D eigenvalue weighted by molar-refractivity contribution is 5.89. The number of nitrogens with one attached hydrogen (secondary N) is 1. The SMILES string of the molecule is O=C(O)CC(NC(=O)OCC1c2ccccc2-c2ccccc21)C(=O)N1CCN(CC2CC2)CC1. The van der Waals surface area contributed by atoms with Crippen molar-refractivity contribution in [2.75, 3.05) is 39.3 Å². The Morgan fingerprint density at radius 3 is 2.11 bits per heavy atom. The first kappa shape index (κ1) is 23.4. The maximum absolute atomic E-state index is 13.1. The monoisotopic (exact) mass is 477 g/mol. The highest BCUT2D eigenvalue weighted by Crippen LogP contribution is 2.44. The Labute approximate surface area is 204 Å². The summed E-state index contributed by atoms with van der Waals surface area (Å²) < 4.78 is 5.54. The van der Waals surface area contributed by atoms with Gasteiger partial charge in [-0.15, -0.1) is 0 Å². The number of carbonyl (C=O) groups excluding carboxylic acids is 2. The van der Waals surface area contributed by atoms with E-state index in [1.54, 1.807) is 4.90 Å². The Morgan fingerprint density at radius 1 is 0.943 bits per heavy atom. The first-order valence-electron chi connectivity index (χ1n) is 12.3. The molecule has 2 aromatic carbocycles. The highest BCUT2D eigenvalue weighted by Gasteiger charge is 2.33. The molecular formula is C27H31N3O5. The van der Waals surface area contributed by atoms with Crippen LogP contribution in [-0.2, 0) is 14.3 Å². The second-order valence-corrected chi connectivity index (χ2v) is 9.69. The van der Waals surface area contributed by atoms with Crippen LogP contribution in [0.5, 0.6) is 0 Å². The van der Waals surface area contributed by atoms with Gasteiger partial charge in [-0.1, -0.05) is 48.5 Å². The molecule has 8 nitrogen and oxygen atoms in total. The summed E-state index contributed by atoms with van der Waals surface area (Å²) in [5.74, 6) is -0.838. The van der Waals surface area contributed by atoms with Crippen LogP contribution < -0.4 is 5.32 Å². The summed E-state index contributed by atoms with van der Waals surface area (Å²) in [6.45, 7) is 3.79. The number of carboxylic acid groups (broad SMARTS) is 1. The van der Waals surface area contributed by atoms with Crippen molar-refractivity contribution in [2.45, 2.75) is 31.2 Å². The van der Waals surface area contributed by atoms with E-state index in [0.29, 0.717) is 13.1 Å². The van der Waals surface area contributed by atoms with E-state index in [-0.39, 0.29) is 18.4 Å². The Bertz CT molecular complexity index is 1060. The van der Waals surface area contributed by atoms with Gasteiger partial charge >= 0.3 is 12.1 Å². The molecule has 1 heterocycles. The molecule has 1 aliphatic heterocycles. The smallest absolute Gasteiger partial charge is 0.407 e. The first-order valence-corrected chi connectivity index (χ1v) is 12.3. The van der Waals surface area contributed by atoms with Crippen LogP contribution in [0.25, 0.3) is 11.1 Å². The van der Waals surface area contributed by atoms with Gasteiger partial charge in [-0.05, 0) is 41.0 Å². The second-order valence-electron chi connectivity index (χ2n) is 9.69. The zero-order valence-electron chi connectivity index (χ0n) is 19.7. The van der Waals surface area contributed by atoms with Crippen LogP contribution >= 0.6 is 0 Å². The number of hydrogen-bond donors (Lipinski definition) is 2. The van der Waals surface area contributed by atoms with E-state index >= 15 is 0 Å². The average molecular weight is 478 g/mol. The molecule has 1 saturated heterocycles. The number of hydrogen-bond acceptors (Lipinski definition) is 5. The molecule has 1 atom stereocenters. The van der Waals surface area contributed by atoms with E-state index in [0.717, 1.165) is 47.8 Å². The van der Waals surface area contributed by atoms with Crippen LogP contribution in [0.3, 0.4) is 0 Å². The topological polar surface area (TPSA) is 99.2 Å². The van der Waals surface area contributed by atoms with Crippen molar-refractivity contribution in [3.8, 4) is 11.1 Å². The number of aliphatic carboxylic acids is 1. The van der Waals surface area contributed by atoms with Gasteiger partial charge in [-0.25, -0.2) is 4.79 Å². The molecule has 2 aromatic rings. The van der Waals surface area contributed by atoms with Gasteiger partial charge in [0, 0.05) is 38.6 Å². The molecule has 1 saturated carbocycles. The summed E-state index contributed by atoms with van der Waals surface area (Å²) in [5.41, 5.74) is 4.42. The third-order valence-corrected chi connectivity index (χ3v) is 7.21. The summed E-state index contributed by atoms with van der Waals surface area (Å²) in [4.78, 5) is 41.2. The van der Waals surface area contributed by atoms with Crippen molar-refractivity contribution < 1.29 is 24.2 Å². The van der Waals surface area contributed by atoms with Crippen molar-refractivity contribution in [3.63, 3.8) is 0 Å². The van der Waals surface area contributed by atoms with Gasteiger partial charge in [-0.3, -0.25) is 14.5 Å². The Hall–Kier alpha value is -3.39. The summed E-state index contributed by atoms with van der Waals surface area (Å²) >= 11 is 0. The standard InChI is InChI=1S/C27H31N3O5/c31-25(32)15-24(26(33)30-13-11-29(12-14-30)16-18-9-10-18)28-27(34)35-17-23-21-7-3-1-5-19(21)20-6-2-4-8-22(20)23/h1-8,18,23-24H,9-17H2,(H,28,34)(H,31,32). The summed E-state index contributed by atoms with van der Waals surface area (Å²) in [7, 11) is 0. The number of nitrogens with zero attached hydrogens (tertiary/aromatic N) is 2. The third kappa shape index (κ3) is 5.32. The molecule has 35 heavy (non-hydrogen) atoms. The Balaban J connectivity index is 1.19. The molecule has 0 aromatic heterocycles. The molecule has 0 bridgehead atoms. The lowest BCUT2D eigenvalue weighted by molar-refractivity contribution is -0.143. The second kappa shape index (κ2) is 10.1. The van der Waals surface area contributed by atoms with Crippen molar-refractivity contribution in [1.29, 1.82) is 0 Å². The third-order valence-electron chi connectivity index (χ3n) is 7.21. The van der Waals surface area contributed by atoms with E-state index in [9.17, 15) is 19.5 Å². The molecule has 5 rings (SSSR count). The van der Waals surface area contributed by atoms with Crippen LogP contribution in [-0.4, -0.2) is 78.2 Å². The van der Waals surface area contributed by atoms with E-state index in [2.05, 4.69) is 22.3 Å². The largest absolute Gasteiger partial charge is 0.481 e. The van der Waals surface area contributed by atoms with Gasteiger partial charge < -0.3 is 20.1 Å². The fourth-order valence-corrected chi connectivity index (χ4v) is 5.19. The van der Waals surface area contributed by atoms with Crippen LogP contribution in [0.2, 0.25) is 0 Å². The average Bonchev–Trinajstić information content (AvgIpc) is 3.62. The minimum atomic E-state index is -1.15. The van der Waals surface area contributed by atoms with E-state index in [1.807, 2.05) is 36.4 Å². The van der Waals surface area contributed by atoms with E-state index in [1.165, 1.54) is 12.8 Å². The number of piperazine rings is 1. The zero-order valence-corrected chi connectivity index (χ0v) is 19.7. The number of fused-ring (bicyclic) bond motifs is 3. The minimum absolute atomic E-state index is 0.105. The summed E-state index contributed by atoms with van der Waals surface area (Å²) in [6, 6.07) is 14.9. The fourth-order valence-electron chi connectivity index (χ4n) is 5.19. The molecule has 2 fully saturated rings. The molecule has 0 spiro atoms. The molecule has 2 aliphatic carbocycles. The molecule has 8 heteroatoms. The predicted octanol–water partition coefficient (Wildman–Crippen LogP) is 2.92. The van der Waals surface area contributed by atoms with Crippen LogP contribution in [0.15, 0.2) is 48.5 Å². The van der Waals surface area contributed by atoms with Crippen LogP contribution in [0.4, 0.5) is 4.79 Å².